The predicted molar refractivity (Wildman–Crippen MR) is 122 cm³/mol. The number of ether oxygens (including phenoxy) is 2. The van der Waals surface area contributed by atoms with Crippen molar-refractivity contribution in [2.75, 3.05) is 7.11 Å². The standard InChI is InChI=1S/C27H25NO3/c1-18-12-19(2)24(20(3)13-18)17-31-25-11-10-21(15-26(25)30-4)14-23(16-28)27(29)22-8-6-5-7-9-22/h5-15H,17H2,1-4H3. The fourth-order valence-corrected chi connectivity index (χ4v) is 3.54. The van der Waals surface area contributed by atoms with Gasteiger partial charge in [-0.15, -0.1) is 0 Å². The van der Waals surface area contributed by atoms with E-state index in [0.717, 1.165) is 5.56 Å². The molecule has 4 nitrogen and oxygen atoms in total. The van der Waals surface area contributed by atoms with Crippen molar-refractivity contribution >= 4 is 11.9 Å². The topological polar surface area (TPSA) is 59.3 Å². The van der Waals surface area contributed by atoms with E-state index in [2.05, 4.69) is 32.9 Å². The lowest BCUT2D eigenvalue weighted by Gasteiger charge is -2.15. The Kier molecular flexibility index (Phi) is 6.89. The van der Waals surface area contributed by atoms with Gasteiger partial charge in [0.2, 0.25) is 5.78 Å². The summed E-state index contributed by atoms with van der Waals surface area (Å²) in [6, 6.07) is 20.4. The minimum absolute atomic E-state index is 0.0628. The monoisotopic (exact) mass is 411 g/mol. The van der Waals surface area contributed by atoms with E-state index >= 15 is 0 Å². The highest BCUT2D eigenvalue weighted by atomic mass is 16.5. The molecule has 3 rings (SSSR count). The molecule has 0 fully saturated rings. The number of carbonyl (C=O) groups is 1. The molecule has 0 aromatic heterocycles. The Labute approximate surface area is 183 Å². The maximum absolute atomic E-state index is 12.6. The molecule has 0 heterocycles. The first-order valence-corrected chi connectivity index (χ1v) is 10.0. The average Bonchev–Trinajstić information content (AvgIpc) is 2.77. The van der Waals surface area contributed by atoms with E-state index in [4.69, 9.17) is 9.47 Å². The quantitative estimate of drug-likeness (QED) is 0.272. The predicted octanol–water partition coefficient (Wildman–Crippen LogP) is 5.99. The van der Waals surface area contributed by atoms with Crippen LogP contribution in [0.3, 0.4) is 0 Å². The summed E-state index contributed by atoms with van der Waals surface area (Å²) in [5.74, 6) is 0.834. The number of hydrogen-bond acceptors (Lipinski definition) is 4. The fourth-order valence-electron chi connectivity index (χ4n) is 3.54. The first-order valence-electron chi connectivity index (χ1n) is 10.0. The van der Waals surface area contributed by atoms with Crippen LogP contribution >= 0.6 is 0 Å². The van der Waals surface area contributed by atoms with Gasteiger partial charge in [-0.1, -0.05) is 54.1 Å². The van der Waals surface area contributed by atoms with Gasteiger partial charge in [0.05, 0.1) is 7.11 Å². The van der Waals surface area contributed by atoms with Crippen molar-refractivity contribution in [1.29, 1.82) is 5.26 Å². The molecule has 156 valence electrons. The number of nitrogens with zero attached hydrogens (tertiary/aromatic N) is 1. The molecule has 0 unspecified atom stereocenters. The molecule has 4 heteroatoms. The number of carbonyl (C=O) groups excluding carboxylic acids is 1. The van der Waals surface area contributed by atoms with Gasteiger partial charge in [0.15, 0.2) is 11.5 Å². The van der Waals surface area contributed by atoms with Gasteiger partial charge in [-0.3, -0.25) is 4.79 Å². The summed E-state index contributed by atoms with van der Waals surface area (Å²) in [7, 11) is 1.57. The second kappa shape index (κ2) is 9.77. The van der Waals surface area contributed by atoms with Gasteiger partial charge >= 0.3 is 0 Å². The Hall–Kier alpha value is -3.84. The summed E-state index contributed by atoms with van der Waals surface area (Å²) in [5, 5.41) is 9.49. The lowest BCUT2D eigenvalue weighted by atomic mass is 10.0. The van der Waals surface area contributed by atoms with Gasteiger partial charge in [-0.05, 0) is 61.2 Å². The molecular formula is C27H25NO3. The third kappa shape index (κ3) is 5.21. The van der Waals surface area contributed by atoms with Crippen LogP contribution in [0.25, 0.3) is 6.08 Å². The van der Waals surface area contributed by atoms with Gasteiger partial charge < -0.3 is 9.47 Å². The van der Waals surface area contributed by atoms with Crippen LogP contribution in [0.15, 0.2) is 66.2 Å². The van der Waals surface area contributed by atoms with Crippen molar-refractivity contribution in [3.05, 3.63) is 99.6 Å². The van der Waals surface area contributed by atoms with Crippen LogP contribution in [0.1, 0.15) is 38.2 Å². The molecule has 0 saturated heterocycles. The SMILES string of the molecule is COc1cc(C=C(C#N)C(=O)c2ccccc2)ccc1OCc1c(C)cc(C)cc1C. The fraction of sp³-hybridized carbons (Fsp3) is 0.185. The maximum atomic E-state index is 12.6. The molecule has 0 N–H and O–H groups in total. The lowest BCUT2D eigenvalue weighted by molar-refractivity contribution is 0.104. The van der Waals surface area contributed by atoms with E-state index in [1.54, 1.807) is 49.6 Å². The molecule has 0 aliphatic rings. The lowest BCUT2D eigenvalue weighted by Crippen LogP contribution is -2.03. The number of aryl methyl sites for hydroxylation is 3. The number of benzene rings is 3. The average molecular weight is 412 g/mol. The Morgan fingerprint density at radius 1 is 0.968 bits per heavy atom. The number of rotatable bonds is 7. The summed E-state index contributed by atoms with van der Waals surface area (Å²) in [6.07, 6.45) is 1.57. The molecule has 0 atom stereocenters. The molecule has 0 aliphatic carbocycles. The number of hydrogen-bond donors (Lipinski definition) is 0. The molecule has 0 bridgehead atoms. The second-order valence-corrected chi connectivity index (χ2v) is 7.44. The first kappa shape index (κ1) is 21.9. The minimum atomic E-state index is -0.312. The third-order valence-electron chi connectivity index (χ3n) is 5.11. The molecule has 0 aliphatic heterocycles. The Morgan fingerprint density at radius 3 is 2.26 bits per heavy atom. The van der Waals surface area contributed by atoms with Gasteiger partial charge in [0.1, 0.15) is 18.2 Å². The molecule has 0 radical (unpaired) electrons. The van der Waals surface area contributed by atoms with E-state index in [-0.39, 0.29) is 11.4 Å². The van der Waals surface area contributed by atoms with Crippen LogP contribution in [0.4, 0.5) is 0 Å². The molecule has 31 heavy (non-hydrogen) atoms. The number of ketones is 1. The van der Waals surface area contributed by atoms with Crippen LogP contribution in [0, 0.1) is 32.1 Å². The molecule has 0 amide bonds. The number of Topliss-reactive ketones (excluding diaryl/α,β-unsaturated/α-hetero) is 1. The number of nitriles is 1. The van der Waals surface area contributed by atoms with Crippen molar-refractivity contribution in [1.82, 2.24) is 0 Å². The number of methoxy groups -OCH3 is 1. The van der Waals surface area contributed by atoms with E-state index in [1.807, 2.05) is 18.2 Å². The molecular weight excluding hydrogens is 386 g/mol. The van der Waals surface area contributed by atoms with E-state index in [0.29, 0.717) is 29.2 Å². The van der Waals surface area contributed by atoms with Crippen molar-refractivity contribution in [2.24, 2.45) is 0 Å². The summed E-state index contributed by atoms with van der Waals surface area (Å²) < 4.78 is 11.5. The summed E-state index contributed by atoms with van der Waals surface area (Å²) >= 11 is 0. The summed E-state index contributed by atoms with van der Waals surface area (Å²) in [4.78, 5) is 12.6. The van der Waals surface area contributed by atoms with Gasteiger partial charge in [-0.2, -0.15) is 5.26 Å². The highest BCUT2D eigenvalue weighted by Gasteiger charge is 2.13. The molecule has 0 saturated carbocycles. The smallest absolute Gasteiger partial charge is 0.203 e. The Balaban J connectivity index is 1.83. The Bertz CT molecular complexity index is 1150. The van der Waals surface area contributed by atoms with E-state index in [1.165, 1.54) is 16.7 Å². The van der Waals surface area contributed by atoms with Crippen LogP contribution in [-0.2, 0) is 6.61 Å². The molecule has 3 aromatic carbocycles. The zero-order valence-electron chi connectivity index (χ0n) is 18.2. The number of allylic oxidation sites excluding steroid dienone is 1. The minimum Gasteiger partial charge on any atom is -0.493 e. The Morgan fingerprint density at radius 2 is 1.65 bits per heavy atom. The van der Waals surface area contributed by atoms with Crippen molar-refractivity contribution in [3.63, 3.8) is 0 Å². The second-order valence-electron chi connectivity index (χ2n) is 7.44. The van der Waals surface area contributed by atoms with Crippen LogP contribution in [0.2, 0.25) is 0 Å². The third-order valence-corrected chi connectivity index (χ3v) is 5.11. The van der Waals surface area contributed by atoms with Gasteiger partial charge in [-0.25, -0.2) is 0 Å². The van der Waals surface area contributed by atoms with Crippen molar-refractivity contribution in [2.45, 2.75) is 27.4 Å². The molecule has 3 aromatic rings. The summed E-state index contributed by atoms with van der Waals surface area (Å²) in [6.45, 7) is 6.67. The van der Waals surface area contributed by atoms with E-state index in [9.17, 15) is 10.1 Å². The van der Waals surface area contributed by atoms with Crippen molar-refractivity contribution in [3.8, 4) is 17.6 Å². The first-order chi connectivity index (χ1) is 14.9. The normalized spacial score (nSPS) is 11.0. The van der Waals surface area contributed by atoms with Gasteiger partial charge in [0, 0.05) is 5.56 Å². The molecule has 0 spiro atoms. The zero-order valence-corrected chi connectivity index (χ0v) is 18.2. The zero-order chi connectivity index (χ0) is 22.4. The van der Waals surface area contributed by atoms with Crippen LogP contribution in [0.5, 0.6) is 11.5 Å². The maximum Gasteiger partial charge on any atom is 0.203 e. The van der Waals surface area contributed by atoms with Crippen molar-refractivity contribution < 1.29 is 14.3 Å². The summed E-state index contributed by atoms with van der Waals surface area (Å²) in [5.41, 5.74) is 5.98. The van der Waals surface area contributed by atoms with E-state index < -0.39 is 0 Å². The van der Waals surface area contributed by atoms with Crippen LogP contribution in [-0.4, -0.2) is 12.9 Å². The highest BCUT2D eigenvalue weighted by molar-refractivity contribution is 6.14. The highest BCUT2D eigenvalue weighted by Crippen LogP contribution is 2.30. The van der Waals surface area contributed by atoms with Crippen LogP contribution < -0.4 is 9.47 Å². The van der Waals surface area contributed by atoms with Gasteiger partial charge in [0.25, 0.3) is 0 Å². The largest absolute Gasteiger partial charge is 0.493 e.